The van der Waals surface area contributed by atoms with Crippen molar-refractivity contribution in [2.75, 3.05) is 0 Å². The van der Waals surface area contributed by atoms with Crippen molar-refractivity contribution in [3.05, 3.63) is 23.0 Å². The van der Waals surface area contributed by atoms with Gasteiger partial charge in [-0.25, -0.2) is 4.98 Å². The SMILES string of the molecule is Cc1cnc(Cl)cc1OC1CC1. The summed E-state index contributed by atoms with van der Waals surface area (Å²) in [5.41, 5.74) is 1.05. The van der Waals surface area contributed by atoms with Crippen molar-refractivity contribution in [3.63, 3.8) is 0 Å². The lowest BCUT2D eigenvalue weighted by atomic mass is 10.3. The number of hydrogen-bond acceptors (Lipinski definition) is 2. The van der Waals surface area contributed by atoms with Gasteiger partial charge in [0, 0.05) is 17.8 Å². The van der Waals surface area contributed by atoms with Gasteiger partial charge in [-0.3, -0.25) is 0 Å². The maximum Gasteiger partial charge on any atom is 0.132 e. The smallest absolute Gasteiger partial charge is 0.132 e. The highest BCUT2D eigenvalue weighted by molar-refractivity contribution is 6.29. The Hall–Kier alpha value is -0.760. The molecule has 1 fully saturated rings. The van der Waals surface area contributed by atoms with Crippen molar-refractivity contribution in [3.8, 4) is 5.75 Å². The van der Waals surface area contributed by atoms with Gasteiger partial charge in [0.1, 0.15) is 10.9 Å². The molecule has 1 aliphatic rings. The fraction of sp³-hybridized carbons (Fsp3) is 0.444. The second-order valence-electron chi connectivity index (χ2n) is 3.09. The summed E-state index contributed by atoms with van der Waals surface area (Å²) in [7, 11) is 0. The van der Waals surface area contributed by atoms with E-state index in [2.05, 4.69) is 4.98 Å². The van der Waals surface area contributed by atoms with E-state index in [1.54, 1.807) is 12.3 Å². The minimum absolute atomic E-state index is 0.419. The monoisotopic (exact) mass is 183 g/mol. The summed E-state index contributed by atoms with van der Waals surface area (Å²) in [6.07, 6.45) is 4.49. The third-order valence-electron chi connectivity index (χ3n) is 1.84. The molecule has 2 nitrogen and oxygen atoms in total. The number of aromatic nitrogens is 1. The van der Waals surface area contributed by atoms with Gasteiger partial charge in [0.2, 0.25) is 0 Å². The second-order valence-corrected chi connectivity index (χ2v) is 3.48. The first-order valence-corrected chi connectivity index (χ1v) is 4.42. The van der Waals surface area contributed by atoms with E-state index in [1.165, 1.54) is 12.8 Å². The molecule has 0 aromatic carbocycles. The third-order valence-corrected chi connectivity index (χ3v) is 2.05. The van der Waals surface area contributed by atoms with Crippen LogP contribution in [0, 0.1) is 6.92 Å². The molecule has 1 aliphatic carbocycles. The molecule has 3 heteroatoms. The topological polar surface area (TPSA) is 22.1 Å². The van der Waals surface area contributed by atoms with Gasteiger partial charge in [-0.05, 0) is 19.8 Å². The fourth-order valence-electron chi connectivity index (χ4n) is 0.974. The molecule has 2 rings (SSSR count). The lowest BCUT2D eigenvalue weighted by molar-refractivity contribution is 0.301. The minimum atomic E-state index is 0.419. The van der Waals surface area contributed by atoms with Gasteiger partial charge in [0.25, 0.3) is 0 Å². The molecule has 0 saturated heterocycles. The number of aryl methyl sites for hydroxylation is 1. The summed E-state index contributed by atoms with van der Waals surface area (Å²) >= 11 is 5.73. The van der Waals surface area contributed by atoms with Crippen molar-refractivity contribution in [1.82, 2.24) is 4.98 Å². The molecule has 1 saturated carbocycles. The normalized spacial score (nSPS) is 16.2. The van der Waals surface area contributed by atoms with E-state index in [0.29, 0.717) is 11.3 Å². The average Bonchev–Trinajstić information content (AvgIpc) is 2.81. The van der Waals surface area contributed by atoms with Crippen LogP contribution in [0.15, 0.2) is 12.3 Å². The maximum absolute atomic E-state index is 5.73. The average molecular weight is 184 g/mol. The first kappa shape index (κ1) is 7.87. The van der Waals surface area contributed by atoms with Gasteiger partial charge in [-0.1, -0.05) is 11.6 Å². The van der Waals surface area contributed by atoms with E-state index >= 15 is 0 Å². The van der Waals surface area contributed by atoms with E-state index in [0.717, 1.165) is 11.3 Å². The molecule has 1 heterocycles. The largest absolute Gasteiger partial charge is 0.490 e. The van der Waals surface area contributed by atoms with Crippen LogP contribution in [0.5, 0.6) is 5.75 Å². The zero-order valence-corrected chi connectivity index (χ0v) is 7.64. The molecule has 0 spiro atoms. The molecule has 1 aromatic rings. The number of ether oxygens (including phenoxy) is 1. The number of nitrogens with zero attached hydrogens (tertiary/aromatic N) is 1. The lowest BCUT2D eigenvalue weighted by Crippen LogP contribution is -1.98. The molecule has 0 bridgehead atoms. The Kier molecular flexibility index (Phi) is 1.93. The van der Waals surface area contributed by atoms with Crippen molar-refractivity contribution < 1.29 is 4.74 Å². The number of halogens is 1. The van der Waals surface area contributed by atoms with Gasteiger partial charge in [-0.2, -0.15) is 0 Å². The van der Waals surface area contributed by atoms with E-state index in [-0.39, 0.29) is 0 Å². The van der Waals surface area contributed by atoms with Crippen LogP contribution in [0.3, 0.4) is 0 Å². The zero-order chi connectivity index (χ0) is 8.55. The summed E-state index contributed by atoms with van der Waals surface area (Å²) in [6.45, 7) is 1.97. The van der Waals surface area contributed by atoms with Gasteiger partial charge < -0.3 is 4.74 Å². The Bertz CT molecular complexity index is 297. The van der Waals surface area contributed by atoms with E-state index < -0.39 is 0 Å². The first-order chi connectivity index (χ1) is 5.75. The van der Waals surface area contributed by atoms with Crippen LogP contribution in [0.25, 0.3) is 0 Å². The summed E-state index contributed by atoms with van der Waals surface area (Å²) in [5.74, 6) is 0.873. The van der Waals surface area contributed by atoms with Crippen LogP contribution in [0.1, 0.15) is 18.4 Å². The van der Waals surface area contributed by atoms with Gasteiger partial charge in [0.05, 0.1) is 6.10 Å². The van der Waals surface area contributed by atoms with Crippen LogP contribution in [0.2, 0.25) is 5.15 Å². The maximum atomic E-state index is 5.73. The molecule has 0 atom stereocenters. The van der Waals surface area contributed by atoms with Crippen molar-refractivity contribution in [1.29, 1.82) is 0 Å². The molecular weight excluding hydrogens is 174 g/mol. The zero-order valence-electron chi connectivity index (χ0n) is 6.88. The predicted molar refractivity (Wildman–Crippen MR) is 47.6 cm³/mol. The molecule has 12 heavy (non-hydrogen) atoms. The van der Waals surface area contributed by atoms with Gasteiger partial charge >= 0.3 is 0 Å². The number of rotatable bonds is 2. The van der Waals surface area contributed by atoms with Crippen LogP contribution >= 0.6 is 11.6 Å². The molecule has 0 N–H and O–H groups in total. The van der Waals surface area contributed by atoms with Crippen molar-refractivity contribution in [2.45, 2.75) is 25.9 Å². The summed E-state index contributed by atoms with van der Waals surface area (Å²) in [5, 5.41) is 0.497. The summed E-state index contributed by atoms with van der Waals surface area (Å²) in [6, 6.07) is 1.77. The third kappa shape index (κ3) is 1.69. The molecular formula is C9H10ClNO. The van der Waals surface area contributed by atoms with Crippen molar-refractivity contribution in [2.24, 2.45) is 0 Å². The van der Waals surface area contributed by atoms with Crippen LogP contribution in [-0.2, 0) is 0 Å². The van der Waals surface area contributed by atoms with Crippen LogP contribution in [-0.4, -0.2) is 11.1 Å². The van der Waals surface area contributed by atoms with Crippen LogP contribution < -0.4 is 4.74 Å². The highest BCUT2D eigenvalue weighted by atomic mass is 35.5. The highest BCUT2D eigenvalue weighted by Gasteiger charge is 2.24. The number of hydrogen-bond donors (Lipinski definition) is 0. The Morgan fingerprint density at radius 2 is 2.33 bits per heavy atom. The molecule has 64 valence electrons. The summed E-state index contributed by atoms with van der Waals surface area (Å²) in [4.78, 5) is 3.95. The fourth-order valence-corrected chi connectivity index (χ4v) is 1.12. The summed E-state index contributed by atoms with van der Waals surface area (Å²) < 4.78 is 5.61. The molecule has 1 aromatic heterocycles. The Morgan fingerprint density at radius 1 is 1.58 bits per heavy atom. The second kappa shape index (κ2) is 2.94. The van der Waals surface area contributed by atoms with Gasteiger partial charge in [0.15, 0.2) is 0 Å². The van der Waals surface area contributed by atoms with E-state index in [4.69, 9.17) is 16.3 Å². The Balaban J connectivity index is 2.21. The Labute approximate surface area is 76.5 Å². The highest BCUT2D eigenvalue weighted by Crippen LogP contribution is 2.29. The quantitative estimate of drug-likeness (QED) is 0.658. The number of pyridine rings is 1. The van der Waals surface area contributed by atoms with Gasteiger partial charge in [-0.15, -0.1) is 0 Å². The molecule has 0 unspecified atom stereocenters. The Morgan fingerprint density at radius 3 is 3.00 bits per heavy atom. The first-order valence-electron chi connectivity index (χ1n) is 4.04. The van der Waals surface area contributed by atoms with E-state index in [1.807, 2.05) is 6.92 Å². The molecule has 0 aliphatic heterocycles. The standard InChI is InChI=1S/C9H10ClNO/c1-6-5-11-9(10)4-8(6)12-7-2-3-7/h4-5,7H,2-3H2,1H3. The molecule has 0 radical (unpaired) electrons. The lowest BCUT2D eigenvalue weighted by Gasteiger charge is -2.06. The minimum Gasteiger partial charge on any atom is -0.490 e. The molecule has 0 amide bonds. The van der Waals surface area contributed by atoms with Crippen molar-refractivity contribution >= 4 is 11.6 Å². The predicted octanol–water partition coefficient (Wildman–Crippen LogP) is 2.58. The van der Waals surface area contributed by atoms with E-state index in [9.17, 15) is 0 Å². The van der Waals surface area contributed by atoms with Crippen LogP contribution in [0.4, 0.5) is 0 Å².